The Balaban J connectivity index is 2.71. The maximum atomic E-state index is 3.81. The first-order valence-electron chi connectivity index (χ1n) is 7.01. The van der Waals surface area contributed by atoms with Crippen molar-refractivity contribution in [2.75, 3.05) is 13.1 Å². The molecule has 0 spiro atoms. The number of rotatable bonds is 9. The van der Waals surface area contributed by atoms with Gasteiger partial charge in [0.15, 0.2) is 0 Å². The molecule has 0 heterocycles. The van der Waals surface area contributed by atoms with Crippen molar-refractivity contribution in [3.63, 3.8) is 0 Å². The maximum Gasteiger partial charge on any atom is 0.0251 e. The van der Waals surface area contributed by atoms with Crippen LogP contribution in [0, 0.1) is 0 Å². The molecule has 0 aromatic heterocycles. The predicted octanol–water partition coefficient (Wildman–Crippen LogP) is 4.12. The van der Waals surface area contributed by atoms with Crippen LogP contribution in [0.15, 0.2) is 48.0 Å². The Kier molecular flexibility index (Phi) is 7.82. The fraction of sp³-hybridized carbons (Fsp3) is 0.412. The molecule has 20 heavy (non-hydrogen) atoms. The maximum absolute atomic E-state index is 3.81. The molecule has 0 bridgehead atoms. The molecule has 1 rings (SSSR count). The van der Waals surface area contributed by atoms with Crippen LogP contribution in [0.1, 0.15) is 25.0 Å². The molecule has 0 aliphatic heterocycles. The average molecular weight is 337 g/mol. The van der Waals surface area contributed by atoms with Gasteiger partial charge < -0.3 is 5.32 Å². The number of nitrogens with zero attached hydrogens (tertiary/aromatic N) is 1. The van der Waals surface area contributed by atoms with E-state index in [0.29, 0.717) is 6.04 Å². The van der Waals surface area contributed by atoms with Crippen molar-refractivity contribution >= 4 is 15.9 Å². The van der Waals surface area contributed by atoms with E-state index >= 15 is 0 Å². The molecular formula is C17H25BrN2. The van der Waals surface area contributed by atoms with Crippen molar-refractivity contribution in [3.8, 4) is 0 Å². The van der Waals surface area contributed by atoms with E-state index in [1.807, 2.05) is 12.2 Å². The molecular weight excluding hydrogens is 312 g/mol. The van der Waals surface area contributed by atoms with Gasteiger partial charge in [0, 0.05) is 36.7 Å². The molecule has 3 heteroatoms. The Morgan fingerprint density at radius 1 is 1.25 bits per heavy atom. The molecule has 0 saturated carbocycles. The Hall–Kier alpha value is -0.900. The standard InChI is InChI=1S/C17H25BrN2/c1-5-9-20(10-6-2)13-16-8-7-15(11-17(16)18)12-19-14(3)4/h5-8,11,14,19H,1-2,9-10,12-13H2,3-4H3. The molecule has 2 nitrogen and oxygen atoms in total. The lowest BCUT2D eigenvalue weighted by Crippen LogP contribution is -2.24. The average Bonchev–Trinajstić information content (AvgIpc) is 2.39. The minimum atomic E-state index is 0.504. The van der Waals surface area contributed by atoms with Crippen LogP contribution in [0.4, 0.5) is 0 Å². The van der Waals surface area contributed by atoms with Gasteiger partial charge in [0.1, 0.15) is 0 Å². The lowest BCUT2D eigenvalue weighted by atomic mass is 10.1. The Bertz CT molecular complexity index is 431. The number of hydrogen-bond donors (Lipinski definition) is 1. The molecule has 0 saturated heterocycles. The third-order valence-electron chi connectivity index (χ3n) is 3.00. The molecule has 0 aliphatic rings. The van der Waals surface area contributed by atoms with Gasteiger partial charge in [-0.2, -0.15) is 0 Å². The third kappa shape index (κ3) is 6.04. The van der Waals surface area contributed by atoms with Gasteiger partial charge >= 0.3 is 0 Å². The summed E-state index contributed by atoms with van der Waals surface area (Å²) >= 11 is 3.68. The van der Waals surface area contributed by atoms with Gasteiger partial charge in [-0.3, -0.25) is 4.90 Å². The summed E-state index contributed by atoms with van der Waals surface area (Å²) in [6.07, 6.45) is 3.86. The van der Waals surface area contributed by atoms with E-state index < -0.39 is 0 Å². The largest absolute Gasteiger partial charge is 0.310 e. The zero-order chi connectivity index (χ0) is 15.0. The van der Waals surface area contributed by atoms with Gasteiger partial charge in [-0.1, -0.05) is 54.1 Å². The zero-order valence-corrected chi connectivity index (χ0v) is 14.1. The van der Waals surface area contributed by atoms with Crippen LogP contribution in [-0.2, 0) is 13.1 Å². The molecule has 0 fully saturated rings. The van der Waals surface area contributed by atoms with Gasteiger partial charge in [-0.15, -0.1) is 13.2 Å². The highest BCUT2D eigenvalue weighted by atomic mass is 79.9. The quantitative estimate of drug-likeness (QED) is 0.682. The van der Waals surface area contributed by atoms with Gasteiger partial charge in [-0.25, -0.2) is 0 Å². The second-order valence-electron chi connectivity index (χ2n) is 5.23. The van der Waals surface area contributed by atoms with Crippen LogP contribution in [0.2, 0.25) is 0 Å². The second kappa shape index (κ2) is 9.11. The van der Waals surface area contributed by atoms with Crippen LogP contribution < -0.4 is 5.32 Å². The van der Waals surface area contributed by atoms with Crippen molar-refractivity contribution in [3.05, 3.63) is 59.1 Å². The van der Waals surface area contributed by atoms with E-state index in [-0.39, 0.29) is 0 Å². The number of hydrogen-bond acceptors (Lipinski definition) is 2. The summed E-state index contributed by atoms with van der Waals surface area (Å²) in [6.45, 7) is 15.5. The van der Waals surface area contributed by atoms with Gasteiger partial charge in [-0.05, 0) is 17.2 Å². The van der Waals surface area contributed by atoms with Gasteiger partial charge in [0.2, 0.25) is 0 Å². The highest BCUT2D eigenvalue weighted by molar-refractivity contribution is 9.10. The summed E-state index contributed by atoms with van der Waals surface area (Å²) in [6, 6.07) is 7.09. The van der Waals surface area contributed by atoms with Gasteiger partial charge in [0.05, 0.1) is 0 Å². The van der Waals surface area contributed by atoms with E-state index in [1.54, 1.807) is 0 Å². The van der Waals surface area contributed by atoms with E-state index in [0.717, 1.165) is 26.2 Å². The van der Waals surface area contributed by atoms with Crippen LogP contribution in [0.25, 0.3) is 0 Å². The first-order valence-corrected chi connectivity index (χ1v) is 7.81. The fourth-order valence-electron chi connectivity index (χ4n) is 1.96. The Labute approximate surface area is 131 Å². The highest BCUT2D eigenvalue weighted by Gasteiger charge is 2.07. The lowest BCUT2D eigenvalue weighted by Gasteiger charge is -2.20. The van der Waals surface area contributed by atoms with E-state index in [9.17, 15) is 0 Å². The fourth-order valence-corrected chi connectivity index (χ4v) is 2.51. The molecule has 110 valence electrons. The summed E-state index contributed by atoms with van der Waals surface area (Å²) in [4.78, 5) is 2.30. The molecule has 0 aliphatic carbocycles. The van der Waals surface area contributed by atoms with Crippen LogP contribution >= 0.6 is 15.9 Å². The van der Waals surface area contributed by atoms with Crippen molar-refractivity contribution in [2.45, 2.75) is 33.0 Å². The number of halogens is 1. The van der Waals surface area contributed by atoms with Crippen molar-refractivity contribution in [1.82, 2.24) is 10.2 Å². The molecule has 1 aromatic carbocycles. The summed E-state index contributed by atoms with van der Waals surface area (Å²) in [5.41, 5.74) is 2.59. The van der Waals surface area contributed by atoms with E-state index in [2.05, 4.69) is 71.4 Å². The summed E-state index contributed by atoms with van der Waals surface area (Å²) in [7, 11) is 0. The van der Waals surface area contributed by atoms with Crippen molar-refractivity contribution in [1.29, 1.82) is 0 Å². The third-order valence-corrected chi connectivity index (χ3v) is 3.74. The topological polar surface area (TPSA) is 15.3 Å². The SMILES string of the molecule is C=CCN(CC=C)Cc1ccc(CNC(C)C)cc1Br. The summed E-state index contributed by atoms with van der Waals surface area (Å²) < 4.78 is 1.17. The normalized spacial score (nSPS) is 11.1. The molecule has 0 atom stereocenters. The minimum absolute atomic E-state index is 0.504. The monoisotopic (exact) mass is 336 g/mol. The number of benzene rings is 1. The molecule has 1 N–H and O–H groups in total. The number of nitrogens with one attached hydrogen (secondary N) is 1. The molecule has 0 amide bonds. The minimum Gasteiger partial charge on any atom is -0.310 e. The van der Waals surface area contributed by atoms with E-state index in [1.165, 1.54) is 15.6 Å². The molecule has 0 radical (unpaired) electrons. The molecule has 1 aromatic rings. The predicted molar refractivity (Wildman–Crippen MR) is 91.8 cm³/mol. The van der Waals surface area contributed by atoms with Crippen molar-refractivity contribution < 1.29 is 0 Å². The first-order chi connectivity index (χ1) is 9.56. The second-order valence-corrected chi connectivity index (χ2v) is 6.09. The van der Waals surface area contributed by atoms with Crippen LogP contribution in [-0.4, -0.2) is 24.0 Å². The highest BCUT2D eigenvalue weighted by Crippen LogP contribution is 2.20. The Morgan fingerprint density at radius 3 is 2.40 bits per heavy atom. The van der Waals surface area contributed by atoms with Crippen molar-refractivity contribution in [2.24, 2.45) is 0 Å². The zero-order valence-electron chi connectivity index (χ0n) is 12.5. The molecule has 0 unspecified atom stereocenters. The Morgan fingerprint density at radius 2 is 1.90 bits per heavy atom. The smallest absolute Gasteiger partial charge is 0.0251 e. The lowest BCUT2D eigenvalue weighted by molar-refractivity contribution is 0.327. The summed E-state index contributed by atoms with van der Waals surface area (Å²) in [5, 5.41) is 3.43. The first kappa shape index (κ1) is 17.2. The van der Waals surface area contributed by atoms with Crippen LogP contribution in [0.5, 0.6) is 0 Å². The van der Waals surface area contributed by atoms with Gasteiger partial charge in [0.25, 0.3) is 0 Å². The van der Waals surface area contributed by atoms with Crippen LogP contribution in [0.3, 0.4) is 0 Å². The van der Waals surface area contributed by atoms with E-state index in [4.69, 9.17) is 0 Å². The summed E-state index contributed by atoms with van der Waals surface area (Å²) in [5.74, 6) is 0.